The molecule has 2 heterocycles. The van der Waals surface area contributed by atoms with Crippen LogP contribution in [-0.2, 0) is 6.54 Å². The zero-order valence-electron chi connectivity index (χ0n) is 19.4. The summed E-state index contributed by atoms with van der Waals surface area (Å²) in [5.41, 5.74) is 8.50. The van der Waals surface area contributed by atoms with Gasteiger partial charge in [-0.3, -0.25) is 4.79 Å². The molecule has 0 spiro atoms. The van der Waals surface area contributed by atoms with E-state index in [0.29, 0.717) is 46.4 Å². The van der Waals surface area contributed by atoms with Crippen LogP contribution < -0.4 is 30.2 Å². The fraction of sp³-hybridized carbons (Fsp3) is 0.231. The minimum absolute atomic E-state index is 0.0588. The standard InChI is InChI=1S/C26H25N3O5/c1-15-12-20-22(26(30)29(15)14-16-8-6-5-7-9-16)21(18(13-27)25(28)34-20)17-10-11-19(31-2)24(33-4)23(17)32-3/h5-12,21H,14,28H2,1-4H3/t21-/m1/s1. The highest BCUT2D eigenvalue weighted by molar-refractivity contribution is 5.64. The highest BCUT2D eigenvalue weighted by atomic mass is 16.5. The molecule has 1 aromatic heterocycles. The predicted molar refractivity (Wildman–Crippen MR) is 126 cm³/mol. The molecule has 0 radical (unpaired) electrons. The Labute approximate surface area is 197 Å². The molecule has 0 aliphatic carbocycles. The summed E-state index contributed by atoms with van der Waals surface area (Å²) in [6.45, 7) is 2.20. The summed E-state index contributed by atoms with van der Waals surface area (Å²) in [6.07, 6.45) is 0. The van der Waals surface area contributed by atoms with Gasteiger partial charge in [-0.2, -0.15) is 5.26 Å². The lowest BCUT2D eigenvalue weighted by molar-refractivity contribution is 0.321. The van der Waals surface area contributed by atoms with Crippen molar-refractivity contribution in [3.05, 3.63) is 92.7 Å². The van der Waals surface area contributed by atoms with Crippen molar-refractivity contribution < 1.29 is 18.9 Å². The van der Waals surface area contributed by atoms with E-state index in [9.17, 15) is 10.1 Å². The van der Waals surface area contributed by atoms with E-state index in [-0.39, 0.29) is 17.0 Å². The van der Waals surface area contributed by atoms with Gasteiger partial charge in [-0.1, -0.05) is 36.4 Å². The number of aromatic nitrogens is 1. The summed E-state index contributed by atoms with van der Waals surface area (Å²) >= 11 is 0. The monoisotopic (exact) mass is 459 g/mol. The summed E-state index contributed by atoms with van der Waals surface area (Å²) in [7, 11) is 4.50. The Morgan fingerprint density at radius 3 is 2.38 bits per heavy atom. The number of hydrogen-bond donors (Lipinski definition) is 1. The molecule has 1 atom stereocenters. The maximum Gasteiger partial charge on any atom is 0.259 e. The van der Waals surface area contributed by atoms with Crippen molar-refractivity contribution in [1.82, 2.24) is 4.57 Å². The quantitative estimate of drug-likeness (QED) is 0.601. The number of nitrogens with two attached hydrogens (primary N) is 1. The highest BCUT2D eigenvalue weighted by Gasteiger charge is 2.37. The van der Waals surface area contributed by atoms with Crippen molar-refractivity contribution >= 4 is 0 Å². The van der Waals surface area contributed by atoms with Crippen molar-refractivity contribution in [2.45, 2.75) is 19.4 Å². The van der Waals surface area contributed by atoms with Crippen LogP contribution in [0.15, 0.2) is 64.8 Å². The SMILES string of the molecule is COc1ccc([C@@H]2C(C#N)=C(N)Oc3cc(C)n(Cc4ccccc4)c(=O)c32)c(OC)c1OC. The summed E-state index contributed by atoms with van der Waals surface area (Å²) in [5, 5.41) is 9.99. The van der Waals surface area contributed by atoms with Crippen molar-refractivity contribution in [3.8, 4) is 29.1 Å². The summed E-state index contributed by atoms with van der Waals surface area (Å²) in [6, 6.07) is 17.0. The molecule has 0 saturated heterocycles. The number of hydrogen-bond acceptors (Lipinski definition) is 7. The van der Waals surface area contributed by atoms with Gasteiger partial charge in [0, 0.05) is 17.3 Å². The maximum atomic E-state index is 13.9. The minimum Gasteiger partial charge on any atom is -0.493 e. The van der Waals surface area contributed by atoms with E-state index in [4.69, 9.17) is 24.7 Å². The lowest BCUT2D eigenvalue weighted by atomic mass is 9.83. The molecule has 0 bridgehead atoms. The number of nitriles is 1. The number of methoxy groups -OCH3 is 3. The van der Waals surface area contributed by atoms with E-state index in [2.05, 4.69) is 6.07 Å². The number of benzene rings is 2. The average molecular weight is 460 g/mol. The van der Waals surface area contributed by atoms with E-state index in [1.165, 1.54) is 21.3 Å². The number of aryl methyl sites for hydroxylation is 1. The number of allylic oxidation sites excluding steroid dienone is 1. The number of ether oxygens (including phenoxy) is 4. The molecule has 1 aliphatic rings. The Morgan fingerprint density at radius 2 is 1.76 bits per heavy atom. The number of rotatable bonds is 6. The normalized spacial score (nSPS) is 14.6. The topological polar surface area (TPSA) is 109 Å². The molecule has 4 rings (SSSR count). The third kappa shape index (κ3) is 3.71. The minimum atomic E-state index is -0.821. The molecule has 0 saturated carbocycles. The van der Waals surface area contributed by atoms with Gasteiger partial charge in [-0.05, 0) is 18.6 Å². The molecule has 174 valence electrons. The molecule has 3 aromatic rings. The van der Waals surface area contributed by atoms with Gasteiger partial charge in [-0.25, -0.2) is 0 Å². The molecule has 0 unspecified atom stereocenters. The van der Waals surface area contributed by atoms with Gasteiger partial charge >= 0.3 is 0 Å². The third-order valence-corrected chi connectivity index (χ3v) is 5.92. The molecule has 1 aliphatic heterocycles. The van der Waals surface area contributed by atoms with Crippen molar-refractivity contribution in [2.24, 2.45) is 5.73 Å². The Kier molecular flexibility index (Phi) is 6.19. The zero-order valence-corrected chi connectivity index (χ0v) is 19.4. The van der Waals surface area contributed by atoms with Crippen LogP contribution in [0.25, 0.3) is 0 Å². The van der Waals surface area contributed by atoms with E-state index in [0.717, 1.165) is 5.56 Å². The number of nitrogens with zero attached hydrogens (tertiary/aromatic N) is 2. The van der Waals surface area contributed by atoms with Gasteiger partial charge < -0.3 is 29.2 Å². The second-order valence-corrected chi connectivity index (χ2v) is 7.79. The van der Waals surface area contributed by atoms with Crippen LogP contribution in [0.5, 0.6) is 23.0 Å². The highest BCUT2D eigenvalue weighted by Crippen LogP contribution is 2.48. The van der Waals surface area contributed by atoms with E-state index in [1.54, 1.807) is 22.8 Å². The van der Waals surface area contributed by atoms with Crippen LogP contribution in [0.2, 0.25) is 0 Å². The van der Waals surface area contributed by atoms with Gasteiger partial charge in [0.05, 0.1) is 39.4 Å². The second kappa shape index (κ2) is 9.24. The summed E-state index contributed by atoms with van der Waals surface area (Å²) in [5.74, 6) is 0.578. The molecule has 0 fully saturated rings. The average Bonchev–Trinajstić information content (AvgIpc) is 2.85. The smallest absolute Gasteiger partial charge is 0.259 e. The fourth-order valence-electron chi connectivity index (χ4n) is 4.31. The van der Waals surface area contributed by atoms with Gasteiger partial charge in [0.2, 0.25) is 11.6 Å². The molecular weight excluding hydrogens is 434 g/mol. The Balaban J connectivity index is 2.00. The fourth-order valence-corrected chi connectivity index (χ4v) is 4.31. The summed E-state index contributed by atoms with van der Waals surface area (Å²) in [4.78, 5) is 13.9. The van der Waals surface area contributed by atoms with Crippen LogP contribution in [0, 0.1) is 18.3 Å². The van der Waals surface area contributed by atoms with Crippen LogP contribution in [0.4, 0.5) is 0 Å². The Bertz CT molecular complexity index is 1370. The first-order valence-corrected chi connectivity index (χ1v) is 10.6. The van der Waals surface area contributed by atoms with E-state index >= 15 is 0 Å². The molecule has 2 aromatic carbocycles. The van der Waals surface area contributed by atoms with Crippen LogP contribution in [0.1, 0.15) is 28.3 Å². The first-order chi connectivity index (χ1) is 16.4. The van der Waals surface area contributed by atoms with Crippen LogP contribution in [-0.4, -0.2) is 25.9 Å². The van der Waals surface area contributed by atoms with Gasteiger partial charge in [0.25, 0.3) is 5.56 Å². The third-order valence-electron chi connectivity index (χ3n) is 5.92. The van der Waals surface area contributed by atoms with Gasteiger partial charge in [0.1, 0.15) is 17.4 Å². The van der Waals surface area contributed by atoms with Crippen molar-refractivity contribution in [3.63, 3.8) is 0 Å². The van der Waals surface area contributed by atoms with Gasteiger partial charge in [0.15, 0.2) is 11.5 Å². The first-order valence-electron chi connectivity index (χ1n) is 10.6. The van der Waals surface area contributed by atoms with Crippen LogP contribution in [0.3, 0.4) is 0 Å². The zero-order chi connectivity index (χ0) is 24.4. The van der Waals surface area contributed by atoms with Crippen molar-refractivity contribution in [2.75, 3.05) is 21.3 Å². The number of fused-ring (bicyclic) bond motifs is 1. The van der Waals surface area contributed by atoms with E-state index < -0.39 is 5.92 Å². The number of pyridine rings is 1. The lowest BCUT2D eigenvalue weighted by Crippen LogP contribution is -2.33. The molecule has 34 heavy (non-hydrogen) atoms. The molecule has 8 heteroatoms. The molecule has 0 amide bonds. The van der Waals surface area contributed by atoms with Crippen molar-refractivity contribution in [1.29, 1.82) is 5.26 Å². The largest absolute Gasteiger partial charge is 0.493 e. The second-order valence-electron chi connectivity index (χ2n) is 7.79. The summed E-state index contributed by atoms with van der Waals surface area (Å²) < 4.78 is 24.0. The molecule has 2 N–H and O–H groups in total. The molecule has 8 nitrogen and oxygen atoms in total. The van der Waals surface area contributed by atoms with Gasteiger partial charge in [-0.15, -0.1) is 0 Å². The van der Waals surface area contributed by atoms with E-state index in [1.807, 2.05) is 37.3 Å². The lowest BCUT2D eigenvalue weighted by Gasteiger charge is -2.29. The van der Waals surface area contributed by atoms with Crippen LogP contribution >= 0.6 is 0 Å². The Hall–Kier alpha value is -4.38. The first kappa shape index (κ1) is 22.8. The molecular formula is C26H25N3O5. The Morgan fingerprint density at radius 1 is 1.06 bits per heavy atom. The predicted octanol–water partition coefficient (Wildman–Crippen LogP) is 3.45. The maximum absolute atomic E-state index is 13.9.